The van der Waals surface area contributed by atoms with Crippen molar-refractivity contribution in [1.29, 1.82) is 0 Å². The zero-order chi connectivity index (χ0) is 16.2. The standard InChI is InChI=1S/C15H22N2O4/c1-9(2)8-17(10(3)4)15(21)16-12-6-5-11(14(19)20)7-13(12)18/h5-7,9-10,18H,8H2,1-4H3,(H,16,21)(H,19,20). The molecule has 0 saturated carbocycles. The lowest BCUT2D eigenvalue weighted by molar-refractivity contribution is 0.0696. The Balaban J connectivity index is 2.88. The predicted molar refractivity (Wildman–Crippen MR) is 80.8 cm³/mol. The van der Waals surface area contributed by atoms with Crippen LogP contribution in [0.1, 0.15) is 38.1 Å². The molecule has 0 unspecified atom stereocenters. The SMILES string of the molecule is CC(C)CN(C(=O)Nc1ccc(C(=O)O)cc1O)C(C)C. The summed E-state index contributed by atoms with van der Waals surface area (Å²) in [7, 11) is 0. The lowest BCUT2D eigenvalue weighted by atomic mass is 10.1. The largest absolute Gasteiger partial charge is 0.506 e. The highest BCUT2D eigenvalue weighted by molar-refractivity contribution is 5.93. The van der Waals surface area contributed by atoms with E-state index >= 15 is 0 Å². The van der Waals surface area contributed by atoms with Gasteiger partial charge in [-0.2, -0.15) is 0 Å². The normalized spacial score (nSPS) is 10.8. The van der Waals surface area contributed by atoms with Crippen molar-refractivity contribution in [3.05, 3.63) is 23.8 Å². The van der Waals surface area contributed by atoms with Crippen molar-refractivity contribution in [1.82, 2.24) is 4.90 Å². The second kappa shape index (κ2) is 6.97. The van der Waals surface area contributed by atoms with Crippen molar-refractivity contribution < 1.29 is 19.8 Å². The maximum absolute atomic E-state index is 12.2. The van der Waals surface area contributed by atoms with Gasteiger partial charge in [0.25, 0.3) is 0 Å². The summed E-state index contributed by atoms with van der Waals surface area (Å²) < 4.78 is 0. The van der Waals surface area contributed by atoms with Crippen LogP contribution in [-0.4, -0.2) is 39.7 Å². The molecule has 3 N–H and O–H groups in total. The number of nitrogens with zero attached hydrogens (tertiary/aromatic N) is 1. The number of benzene rings is 1. The maximum Gasteiger partial charge on any atom is 0.335 e. The van der Waals surface area contributed by atoms with Crippen molar-refractivity contribution in [2.75, 3.05) is 11.9 Å². The first-order valence-electron chi connectivity index (χ1n) is 6.86. The van der Waals surface area contributed by atoms with Crippen LogP contribution in [0.3, 0.4) is 0 Å². The van der Waals surface area contributed by atoms with E-state index in [1.54, 1.807) is 4.90 Å². The third kappa shape index (κ3) is 4.66. The first kappa shape index (κ1) is 16.8. The zero-order valence-electron chi connectivity index (χ0n) is 12.8. The fourth-order valence-corrected chi connectivity index (χ4v) is 1.88. The van der Waals surface area contributed by atoms with Crippen LogP contribution in [-0.2, 0) is 0 Å². The first-order chi connectivity index (χ1) is 9.72. The lowest BCUT2D eigenvalue weighted by Crippen LogP contribution is -2.42. The Morgan fingerprint density at radius 2 is 1.86 bits per heavy atom. The van der Waals surface area contributed by atoms with Crippen LogP contribution in [0.2, 0.25) is 0 Å². The van der Waals surface area contributed by atoms with Gasteiger partial charge in [-0.1, -0.05) is 13.8 Å². The molecule has 6 nitrogen and oxygen atoms in total. The van der Waals surface area contributed by atoms with Crippen molar-refractivity contribution in [3.8, 4) is 5.75 Å². The number of hydrogen-bond acceptors (Lipinski definition) is 3. The molecule has 21 heavy (non-hydrogen) atoms. The van der Waals surface area contributed by atoms with Gasteiger partial charge in [-0.3, -0.25) is 0 Å². The van der Waals surface area contributed by atoms with Gasteiger partial charge in [0, 0.05) is 12.6 Å². The quantitative estimate of drug-likeness (QED) is 0.728. The Morgan fingerprint density at radius 1 is 1.24 bits per heavy atom. The van der Waals surface area contributed by atoms with E-state index in [0.29, 0.717) is 12.5 Å². The van der Waals surface area contributed by atoms with Crippen LogP contribution in [0.4, 0.5) is 10.5 Å². The summed E-state index contributed by atoms with van der Waals surface area (Å²) in [5.74, 6) is -1.08. The van der Waals surface area contributed by atoms with Crippen LogP contribution >= 0.6 is 0 Å². The second-order valence-electron chi connectivity index (χ2n) is 5.61. The first-order valence-corrected chi connectivity index (χ1v) is 6.86. The average molecular weight is 294 g/mol. The maximum atomic E-state index is 12.2. The van der Waals surface area contributed by atoms with E-state index in [9.17, 15) is 14.7 Å². The van der Waals surface area contributed by atoms with Gasteiger partial charge in [0.15, 0.2) is 0 Å². The number of aromatic hydroxyl groups is 1. The molecule has 116 valence electrons. The van der Waals surface area contributed by atoms with E-state index in [-0.39, 0.29) is 29.1 Å². The predicted octanol–water partition coefficient (Wildman–Crippen LogP) is 2.99. The van der Waals surface area contributed by atoms with E-state index < -0.39 is 5.97 Å². The van der Waals surface area contributed by atoms with E-state index in [4.69, 9.17) is 5.11 Å². The Hall–Kier alpha value is -2.24. The number of carbonyl (C=O) groups excluding carboxylic acids is 1. The van der Waals surface area contributed by atoms with Crippen molar-refractivity contribution >= 4 is 17.7 Å². The molecule has 0 bridgehead atoms. The van der Waals surface area contributed by atoms with Crippen molar-refractivity contribution in [3.63, 3.8) is 0 Å². The molecule has 0 atom stereocenters. The average Bonchev–Trinajstić information content (AvgIpc) is 2.37. The van der Waals surface area contributed by atoms with Gasteiger partial charge < -0.3 is 20.4 Å². The number of nitrogens with one attached hydrogen (secondary N) is 1. The fourth-order valence-electron chi connectivity index (χ4n) is 1.88. The monoisotopic (exact) mass is 294 g/mol. The van der Waals surface area contributed by atoms with Gasteiger partial charge in [0.05, 0.1) is 11.3 Å². The van der Waals surface area contributed by atoms with Crippen molar-refractivity contribution in [2.45, 2.75) is 33.7 Å². The molecule has 0 radical (unpaired) electrons. The van der Waals surface area contributed by atoms with Crippen LogP contribution in [0.5, 0.6) is 5.75 Å². The van der Waals surface area contributed by atoms with Crippen LogP contribution in [0, 0.1) is 5.92 Å². The molecule has 0 spiro atoms. The molecule has 1 aromatic carbocycles. The minimum atomic E-state index is -1.13. The number of urea groups is 1. The summed E-state index contributed by atoms with van der Waals surface area (Å²) >= 11 is 0. The summed E-state index contributed by atoms with van der Waals surface area (Å²) in [6, 6.07) is 3.52. The van der Waals surface area contributed by atoms with Gasteiger partial charge in [0.2, 0.25) is 0 Å². The Morgan fingerprint density at radius 3 is 2.29 bits per heavy atom. The number of carbonyl (C=O) groups is 2. The van der Waals surface area contributed by atoms with E-state index in [1.165, 1.54) is 12.1 Å². The van der Waals surface area contributed by atoms with E-state index in [0.717, 1.165) is 6.07 Å². The van der Waals surface area contributed by atoms with Gasteiger partial charge in [-0.15, -0.1) is 0 Å². The number of hydrogen-bond donors (Lipinski definition) is 3. The van der Waals surface area contributed by atoms with E-state index in [2.05, 4.69) is 5.32 Å². The number of phenolic OH excluding ortho intramolecular Hbond substituents is 1. The van der Waals surface area contributed by atoms with Gasteiger partial charge in [-0.05, 0) is 38.0 Å². The number of phenols is 1. The molecular weight excluding hydrogens is 272 g/mol. The molecule has 0 aliphatic carbocycles. The zero-order valence-corrected chi connectivity index (χ0v) is 12.8. The van der Waals surface area contributed by atoms with Gasteiger partial charge >= 0.3 is 12.0 Å². The number of aromatic carboxylic acids is 1. The third-order valence-electron chi connectivity index (χ3n) is 2.93. The molecule has 0 aromatic heterocycles. The molecule has 1 rings (SSSR count). The molecule has 0 saturated heterocycles. The number of carboxylic acid groups (broad SMARTS) is 1. The second-order valence-corrected chi connectivity index (χ2v) is 5.61. The molecule has 0 fully saturated rings. The smallest absolute Gasteiger partial charge is 0.335 e. The van der Waals surface area contributed by atoms with Gasteiger partial charge in [-0.25, -0.2) is 9.59 Å². The fraction of sp³-hybridized carbons (Fsp3) is 0.467. The summed E-state index contributed by atoms with van der Waals surface area (Å²) in [5, 5.41) is 21.2. The lowest BCUT2D eigenvalue weighted by Gasteiger charge is -2.28. The van der Waals surface area contributed by atoms with Crippen molar-refractivity contribution in [2.24, 2.45) is 5.92 Å². The summed E-state index contributed by atoms with van der Waals surface area (Å²) in [6.45, 7) is 8.45. The van der Waals surface area contributed by atoms with Crippen LogP contribution < -0.4 is 5.32 Å². The third-order valence-corrected chi connectivity index (χ3v) is 2.93. The molecule has 6 heteroatoms. The summed E-state index contributed by atoms with van der Waals surface area (Å²) in [4.78, 5) is 24.7. The number of carboxylic acids is 1. The minimum Gasteiger partial charge on any atom is -0.506 e. The minimum absolute atomic E-state index is 0.0211. The number of rotatable bonds is 5. The Labute approximate surface area is 124 Å². The molecular formula is C15H22N2O4. The Bertz CT molecular complexity index is 526. The highest BCUT2D eigenvalue weighted by Crippen LogP contribution is 2.25. The topological polar surface area (TPSA) is 89.9 Å². The molecule has 2 amide bonds. The highest BCUT2D eigenvalue weighted by Gasteiger charge is 2.19. The number of amides is 2. The summed E-state index contributed by atoms with van der Waals surface area (Å²) in [5.41, 5.74) is 0.160. The Kier molecular flexibility index (Phi) is 5.58. The van der Waals surface area contributed by atoms with Crippen LogP contribution in [0.25, 0.3) is 0 Å². The summed E-state index contributed by atoms with van der Waals surface area (Å²) in [6.07, 6.45) is 0. The highest BCUT2D eigenvalue weighted by atomic mass is 16.4. The van der Waals surface area contributed by atoms with Crippen LogP contribution in [0.15, 0.2) is 18.2 Å². The van der Waals surface area contributed by atoms with Gasteiger partial charge in [0.1, 0.15) is 5.75 Å². The molecule has 0 aliphatic rings. The van der Waals surface area contributed by atoms with E-state index in [1.807, 2.05) is 27.7 Å². The molecule has 0 heterocycles. The molecule has 0 aliphatic heterocycles. The number of anilines is 1. The molecule has 1 aromatic rings.